The zero-order valence-corrected chi connectivity index (χ0v) is 14.9. The summed E-state index contributed by atoms with van der Waals surface area (Å²) in [4.78, 5) is 7.23. The van der Waals surface area contributed by atoms with E-state index in [1.165, 1.54) is 0 Å². The van der Waals surface area contributed by atoms with E-state index in [1.54, 1.807) is 12.4 Å². The predicted octanol–water partition coefficient (Wildman–Crippen LogP) is 3.20. The van der Waals surface area contributed by atoms with E-state index in [2.05, 4.69) is 9.97 Å². The molecular weight excluding hydrogens is 323 g/mol. The summed E-state index contributed by atoms with van der Waals surface area (Å²) in [5, 5.41) is 0. The van der Waals surface area contributed by atoms with Gasteiger partial charge in [0.05, 0.1) is 26.3 Å². The molecule has 1 aliphatic heterocycles. The first kappa shape index (κ1) is 16.6. The molecule has 0 aliphatic carbocycles. The van der Waals surface area contributed by atoms with Gasteiger partial charge < -0.3 is 23.3 Å². The Kier molecular flexibility index (Phi) is 6.41. The number of aromatic amines is 1. The first-order valence-electron chi connectivity index (χ1n) is 8.20. The van der Waals surface area contributed by atoms with Gasteiger partial charge in [-0.05, 0) is 32.1 Å². The Bertz CT molecular complexity index is 519. The molecule has 2 heterocycles. The standard InChI is InChI=1S/C14H25N2O4PS/c1-4-12-13(6-9-17-12)20-21(22,18-5-2)19-11(3)10-14-15-7-8-16-14/h7-8,11-13H,4-6,9-10H2,1-3H3,(H,15,16)/t11-,12+,13+,21?/m0/s1/i9T/t9-,11+,12-,13-,21?/m1. The zero-order valence-electron chi connectivity index (χ0n) is 14.2. The Morgan fingerprint density at radius 3 is 3.09 bits per heavy atom. The predicted molar refractivity (Wildman–Crippen MR) is 88.3 cm³/mol. The van der Waals surface area contributed by atoms with E-state index in [0.717, 1.165) is 12.2 Å². The molecule has 0 bridgehead atoms. The van der Waals surface area contributed by atoms with Crippen LogP contribution in [0, 0.1) is 0 Å². The van der Waals surface area contributed by atoms with Crippen molar-refractivity contribution in [3.8, 4) is 0 Å². The Morgan fingerprint density at radius 1 is 1.64 bits per heavy atom. The highest BCUT2D eigenvalue weighted by Gasteiger charge is 2.35. The fourth-order valence-electron chi connectivity index (χ4n) is 2.33. The number of hydrogen-bond donors (Lipinski definition) is 1. The van der Waals surface area contributed by atoms with Crippen LogP contribution in [0.25, 0.3) is 0 Å². The van der Waals surface area contributed by atoms with Crippen LogP contribution >= 0.6 is 6.72 Å². The third-order valence-corrected chi connectivity index (χ3v) is 5.87. The number of ether oxygens (including phenoxy) is 1. The molecule has 8 heteroatoms. The lowest BCUT2D eigenvalue weighted by molar-refractivity contribution is 0.0301. The average molecular weight is 350 g/mol. The van der Waals surface area contributed by atoms with Crippen LogP contribution in [-0.2, 0) is 36.5 Å². The maximum Gasteiger partial charge on any atom is 0.327 e. The van der Waals surface area contributed by atoms with Gasteiger partial charge in [-0.1, -0.05) is 6.92 Å². The van der Waals surface area contributed by atoms with Crippen LogP contribution in [0.2, 0.25) is 0 Å². The summed E-state index contributed by atoms with van der Waals surface area (Å²) in [7, 11) is 0. The first-order valence-corrected chi connectivity index (χ1v) is 10.2. The molecule has 0 amide bonds. The molecule has 1 N–H and O–H groups in total. The minimum atomic E-state index is -2.89. The number of rotatable bonds is 9. The van der Waals surface area contributed by atoms with Gasteiger partial charge >= 0.3 is 6.72 Å². The topological polar surface area (TPSA) is 65.6 Å². The van der Waals surface area contributed by atoms with Crippen molar-refractivity contribution in [2.75, 3.05) is 13.2 Å². The van der Waals surface area contributed by atoms with Crippen LogP contribution in [0.1, 0.15) is 40.8 Å². The van der Waals surface area contributed by atoms with Crippen molar-refractivity contribution in [3.63, 3.8) is 0 Å². The second kappa shape index (κ2) is 8.52. The lowest BCUT2D eigenvalue weighted by Crippen LogP contribution is -2.24. The highest BCUT2D eigenvalue weighted by atomic mass is 32.5. The molecular formula is C14H25N2O4PS. The van der Waals surface area contributed by atoms with Crippen LogP contribution in [-0.4, -0.2) is 41.5 Å². The molecule has 0 radical (unpaired) electrons. The number of nitrogens with zero attached hydrogens (tertiary/aromatic N) is 1. The molecule has 1 aliphatic rings. The maximum absolute atomic E-state index is 7.76. The van der Waals surface area contributed by atoms with Crippen molar-refractivity contribution in [2.24, 2.45) is 0 Å². The summed E-state index contributed by atoms with van der Waals surface area (Å²) < 4.78 is 30.9. The molecule has 126 valence electrons. The average Bonchev–Trinajstić information content (AvgIpc) is 3.08. The van der Waals surface area contributed by atoms with E-state index >= 15 is 0 Å². The van der Waals surface area contributed by atoms with E-state index in [-0.39, 0.29) is 18.3 Å². The first-order chi connectivity index (χ1) is 11.0. The molecule has 1 saturated heterocycles. The minimum Gasteiger partial charge on any atom is -0.375 e. The highest BCUT2D eigenvalue weighted by molar-refractivity contribution is 8.07. The fourth-order valence-corrected chi connectivity index (χ4v) is 4.98. The van der Waals surface area contributed by atoms with Crippen molar-refractivity contribution < 1.29 is 19.7 Å². The normalized spacial score (nSPS) is 30.0. The lowest BCUT2D eigenvalue weighted by atomic mass is 10.1. The van der Waals surface area contributed by atoms with Crippen LogP contribution in [0.15, 0.2) is 12.4 Å². The largest absolute Gasteiger partial charge is 0.375 e. The third-order valence-electron chi connectivity index (χ3n) is 3.31. The van der Waals surface area contributed by atoms with E-state index in [1.807, 2.05) is 20.8 Å². The summed E-state index contributed by atoms with van der Waals surface area (Å²) >= 11 is 5.55. The quantitative estimate of drug-likeness (QED) is 0.690. The van der Waals surface area contributed by atoms with Crippen molar-refractivity contribution in [1.29, 1.82) is 0 Å². The van der Waals surface area contributed by atoms with Crippen LogP contribution < -0.4 is 0 Å². The Hall–Kier alpha value is -0.300. The Morgan fingerprint density at radius 2 is 2.45 bits per heavy atom. The fraction of sp³-hybridized carbons (Fsp3) is 0.786. The SMILES string of the molecule is [3H][C@@H]1C[C@@H](OP(=S)(OCC)O[C@@H](C)Cc2ncc[nH]2)[C@@H](CC)O1. The van der Waals surface area contributed by atoms with Gasteiger partial charge in [0.25, 0.3) is 0 Å². The molecule has 6 nitrogen and oxygen atoms in total. The van der Waals surface area contributed by atoms with Gasteiger partial charge in [0.2, 0.25) is 0 Å². The molecule has 2 rings (SSSR count). The van der Waals surface area contributed by atoms with Gasteiger partial charge in [0.1, 0.15) is 5.82 Å². The smallest absolute Gasteiger partial charge is 0.327 e. The zero-order chi connectivity index (χ0) is 16.9. The summed E-state index contributed by atoms with van der Waals surface area (Å²) in [6.45, 7) is 2.73. The molecule has 1 unspecified atom stereocenters. The van der Waals surface area contributed by atoms with E-state index < -0.39 is 13.3 Å². The van der Waals surface area contributed by atoms with Crippen LogP contribution in [0.3, 0.4) is 0 Å². The van der Waals surface area contributed by atoms with Crippen LogP contribution in [0.5, 0.6) is 0 Å². The molecule has 1 aromatic heterocycles. The molecule has 1 fully saturated rings. The third kappa shape index (κ3) is 5.11. The van der Waals surface area contributed by atoms with Crippen LogP contribution in [0.4, 0.5) is 0 Å². The van der Waals surface area contributed by atoms with Gasteiger partial charge in [-0.15, -0.1) is 0 Å². The molecule has 1 aromatic rings. The van der Waals surface area contributed by atoms with Crippen molar-refractivity contribution >= 4 is 18.5 Å². The molecule has 22 heavy (non-hydrogen) atoms. The monoisotopic (exact) mass is 350 g/mol. The van der Waals surface area contributed by atoms with E-state index in [9.17, 15) is 0 Å². The number of imidazole rings is 1. The Labute approximate surface area is 138 Å². The van der Waals surface area contributed by atoms with Crippen molar-refractivity contribution in [1.82, 2.24) is 9.97 Å². The van der Waals surface area contributed by atoms with Crippen molar-refractivity contribution in [3.05, 3.63) is 18.2 Å². The van der Waals surface area contributed by atoms with Gasteiger partial charge in [0, 0.05) is 31.8 Å². The summed E-state index contributed by atoms with van der Waals surface area (Å²) in [6.07, 6.45) is 4.75. The number of H-pyrrole nitrogens is 1. The van der Waals surface area contributed by atoms with Gasteiger partial charge in [-0.2, -0.15) is 0 Å². The van der Waals surface area contributed by atoms with Gasteiger partial charge in [-0.25, -0.2) is 4.98 Å². The number of hydrogen-bond acceptors (Lipinski definition) is 6. The highest BCUT2D eigenvalue weighted by Crippen LogP contribution is 2.53. The minimum absolute atomic E-state index is 0.135. The van der Waals surface area contributed by atoms with Gasteiger partial charge in [-0.3, -0.25) is 0 Å². The lowest BCUT2D eigenvalue weighted by Gasteiger charge is -2.28. The Balaban J connectivity index is 1.98. The second-order valence-electron chi connectivity index (χ2n) is 5.15. The molecule has 0 aromatic carbocycles. The van der Waals surface area contributed by atoms with Gasteiger partial charge in [0.15, 0.2) is 0 Å². The number of nitrogens with one attached hydrogen (secondary N) is 1. The summed E-state index contributed by atoms with van der Waals surface area (Å²) in [5.74, 6) is 0.831. The maximum atomic E-state index is 7.76. The summed E-state index contributed by atoms with van der Waals surface area (Å²) in [6, 6.07) is 0. The van der Waals surface area contributed by atoms with E-state index in [0.29, 0.717) is 19.4 Å². The molecule has 5 atom stereocenters. The van der Waals surface area contributed by atoms with Crippen molar-refractivity contribution in [2.45, 2.75) is 58.3 Å². The summed E-state index contributed by atoms with van der Waals surface area (Å²) in [5.41, 5.74) is 0. The number of aromatic nitrogens is 2. The van der Waals surface area contributed by atoms with E-state index in [4.69, 9.17) is 31.5 Å². The second-order valence-corrected chi connectivity index (χ2v) is 8.07. The molecule has 0 saturated carbocycles. The molecule has 0 spiro atoms.